The Labute approximate surface area is 151 Å². The van der Waals surface area contributed by atoms with Gasteiger partial charge in [-0.25, -0.2) is 0 Å². The first kappa shape index (κ1) is 18.2. The van der Waals surface area contributed by atoms with E-state index in [9.17, 15) is 0 Å². The van der Waals surface area contributed by atoms with Gasteiger partial charge in [0.2, 0.25) is 0 Å². The lowest BCUT2D eigenvalue weighted by Crippen LogP contribution is -1.75. The molecule has 0 radical (unpaired) electrons. The van der Waals surface area contributed by atoms with Crippen LogP contribution in [0.25, 0.3) is 21.6 Å². The lowest BCUT2D eigenvalue weighted by molar-refractivity contribution is 1.34. The number of aromatic nitrogens is 3. The Morgan fingerprint density at radius 1 is 0.833 bits per heavy atom. The minimum absolute atomic E-state index is 1.00. The Hall–Kier alpha value is -2.11. The smallest absolute Gasteiger partial charge is 0.107 e. The van der Waals surface area contributed by atoms with E-state index in [4.69, 9.17) is 0 Å². The topological polar surface area (TPSA) is 38.7 Å². The number of pyridine rings is 1. The van der Waals surface area contributed by atoms with Crippen LogP contribution in [-0.2, 0) is 0 Å². The van der Waals surface area contributed by atoms with Gasteiger partial charge in [0, 0.05) is 11.1 Å². The quantitative estimate of drug-likeness (QED) is 0.411. The monoisotopic (exact) mass is 355 g/mol. The van der Waals surface area contributed by atoms with Gasteiger partial charge in [-0.05, 0) is 49.7 Å². The maximum atomic E-state index is 4.27. The molecule has 0 amide bonds. The van der Waals surface area contributed by atoms with Crippen LogP contribution in [-0.4, -0.2) is 13.7 Å². The van der Waals surface area contributed by atoms with E-state index in [-0.39, 0.29) is 0 Å². The molecule has 0 atom stereocenters. The summed E-state index contributed by atoms with van der Waals surface area (Å²) in [6, 6.07) is 16.2. The number of thiophene rings is 1. The first-order valence-corrected chi connectivity index (χ1v) is 9.44. The van der Waals surface area contributed by atoms with Crippen LogP contribution in [0.1, 0.15) is 24.3 Å². The number of hydrogen-bond acceptors (Lipinski definition) is 5. The van der Waals surface area contributed by atoms with Crippen LogP contribution in [0.3, 0.4) is 0 Å². The zero-order valence-electron chi connectivity index (χ0n) is 14.4. The first-order chi connectivity index (χ1) is 11.7. The number of rotatable bonds is 1. The van der Waals surface area contributed by atoms with E-state index in [2.05, 4.69) is 32.8 Å². The number of aryl methyl sites for hydroxylation is 2. The van der Waals surface area contributed by atoms with Crippen LogP contribution < -0.4 is 0 Å². The average molecular weight is 356 g/mol. The molecule has 0 aliphatic rings. The molecule has 0 aliphatic heterocycles. The van der Waals surface area contributed by atoms with E-state index in [1.165, 1.54) is 27.0 Å². The van der Waals surface area contributed by atoms with Gasteiger partial charge in [-0.1, -0.05) is 32.0 Å². The molecule has 3 aromatic heterocycles. The summed E-state index contributed by atoms with van der Waals surface area (Å²) >= 11 is 3.05. The second-order valence-corrected chi connectivity index (χ2v) is 6.65. The van der Waals surface area contributed by atoms with Crippen LogP contribution in [0.15, 0.2) is 54.7 Å². The van der Waals surface area contributed by atoms with Crippen LogP contribution in [0.2, 0.25) is 0 Å². The van der Waals surface area contributed by atoms with Crippen molar-refractivity contribution in [3.05, 3.63) is 65.2 Å². The van der Waals surface area contributed by atoms with E-state index < -0.39 is 0 Å². The van der Waals surface area contributed by atoms with Crippen molar-refractivity contribution in [1.29, 1.82) is 0 Å². The highest BCUT2D eigenvalue weighted by atomic mass is 32.1. The number of fused-ring (bicyclic) bond motifs is 1. The summed E-state index contributed by atoms with van der Waals surface area (Å²) in [5, 5.41) is 0. The average Bonchev–Trinajstić information content (AvgIpc) is 3.28. The summed E-state index contributed by atoms with van der Waals surface area (Å²) in [6.45, 7) is 8.15. The van der Waals surface area contributed by atoms with Crippen molar-refractivity contribution in [3.8, 4) is 10.6 Å². The second-order valence-electron chi connectivity index (χ2n) is 4.83. The van der Waals surface area contributed by atoms with Crippen LogP contribution in [0.5, 0.6) is 0 Å². The molecular weight excluding hydrogens is 334 g/mol. The number of benzene rings is 1. The third kappa shape index (κ3) is 4.69. The van der Waals surface area contributed by atoms with Crippen molar-refractivity contribution in [2.75, 3.05) is 0 Å². The van der Waals surface area contributed by atoms with Gasteiger partial charge in [-0.3, -0.25) is 4.98 Å². The van der Waals surface area contributed by atoms with Gasteiger partial charge < -0.3 is 0 Å². The van der Waals surface area contributed by atoms with Crippen molar-refractivity contribution in [3.63, 3.8) is 0 Å². The molecule has 0 bridgehead atoms. The summed E-state index contributed by atoms with van der Waals surface area (Å²) in [4.78, 5) is 6.85. The molecule has 5 heteroatoms. The standard InChI is InChI=1S/C10H9NS.C7H6N2S.C2H6/c1-8-5-6-10(12-8)9-4-2-3-7-11-9;1-5-3-2-4-6-7(5)9-10-8-6;1-2/h2-7H,1H3;2-4H,1H3;1-2H3. The lowest BCUT2D eigenvalue weighted by Gasteiger charge is -1.92. The van der Waals surface area contributed by atoms with E-state index in [1.807, 2.05) is 63.4 Å². The molecule has 0 aliphatic carbocycles. The zero-order chi connectivity index (χ0) is 17.4. The Morgan fingerprint density at radius 2 is 1.67 bits per heavy atom. The third-order valence-electron chi connectivity index (χ3n) is 3.15. The molecule has 3 heterocycles. The maximum absolute atomic E-state index is 4.27. The molecule has 4 rings (SSSR count). The Kier molecular flexibility index (Phi) is 7.03. The molecule has 0 unspecified atom stereocenters. The van der Waals surface area contributed by atoms with E-state index >= 15 is 0 Å². The Morgan fingerprint density at radius 3 is 2.29 bits per heavy atom. The SMILES string of the molecule is CC.Cc1ccc(-c2ccccn2)s1.Cc1cccc2nsnc12. The van der Waals surface area contributed by atoms with Crippen molar-refractivity contribution >= 4 is 34.1 Å². The largest absolute Gasteiger partial charge is 0.255 e. The second kappa shape index (κ2) is 9.25. The van der Waals surface area contributed by atoms with E-state index in [0.717, 1.165) is 16.7 Å². The van der Waals surface area contributed by atoms with Crippen molar-refractivity contribution in [2.45, 2.75) is 27.7 Å². The molecule has 4 aromatic rings. The molecule has 1 aromatic carbocycles. The summed E-state index contributed by atoms with van der Waals surface area (Å²) < 4.78 is 8.26. The zero-order valence-corrected chi connectivity index (χ0v) is 16.0. The molecule has 3 nitrogen and oxygen atoms in total. The first-order valence-electron chi connectivity index (χ1n) is 7.90. The predicted molar refractivity (Wildman–Crippen MR) is 106 cm³/mol. The number of nitrogens with zero attached hydrogens (tertiary/aromatic N) is 3. The highest BCUT2D eigenvalue weighted by molar-refractivity contribution is 7.15. The summed E-state index contributed by atoms with van der Waals surface area (Å²) in [7, 11) is 0. The fourth-order valence-electron chi connectivity index (χ4n) is 2.02. The highest BCUT2D eigenvalue weighted by Gasteiger charge is 1.99. The van der Waals surface area contributed by atoms with Crippen LogP contribution >= 0.6 is 23.1 Å². The van der Waals surface area contributed by atoms with Gasteiger partial charge >= 0.3 is 0 Å². The molecular formula is C19H21N3S2. The van der Waals surface area contributed by atoms with Crippen molar-refractivity contribution in [2.24, 2.45) is 0 Å². The molecule has 0 spiro atoms. The molecule has 24 heavy (non-hydrogen) atoms. The van der Waals surface area contributed by atoms with E-state index in [1.54, 1.807) is 11.3 Å². The van der Waals surface area contributed by atoms with Gasteiger partial charge in [-0.2, -0.15) is 8.75 Å². The maximum Gasteiger partial charge on any atom is 0.107 e. The minimum atomic E-state index is 1.00. The fraction of sp³-hybridized carbons (Fsp3) is 0.211. The fourth-order valence-corrected chi connectivity index (χ4v) is 3.46. The normalized spacial score (nSPS) is 9.67. The predicted octanol–water partition coefficient (Wildman–Crippen LogP) is 6.14. The molecule has 124 valence electrons. The summed E-state index contributed by atoms with van der Waals surface area (Å²) in [6.07, 6.45) is 1.82. The summed E-state index contributed by atoms with van der Waals surface area (Å²) in [5.74, 6) is 0. The lowest BCUT2D eigenvalue weighted by atomic mass is 10.2. The third-order valence-corrected chi connectivity index (χ3v) is 4.71. The number of hydrogen-bond donors (Lipinski definition) is 0. The summed E-state index contributed by atoms with van der Waals surface area (Å²) in [5.41, 5.74) is 4.30. The molecule has 0 N–H and O–H groups in total. The van der Waals surface area contributed by atoms with Gasteiger partial charge in [-0.15, -0.1) is 11.3 Å². The van der Waals surface area contributed by atoms with Gasteiger partial charge in [0.25, 0.3) is 0 Å². The van der Waals surface area contributed by atoms with E-state index in [0.29, 0.717) is 0 Å². The van der Waals surface area contributed by atoms with Crippen LogP contribution in [0, 0.1) is 13.8 Å². The van der Waals surface area contributed by atoms with Gasteiger partial charge in [0.15, 0.2) is 0 Å². The van der Waals surface area contributed by atoms with Gasteiger partial charge in [0.05, 0.1) is 22.3 Å². The Bertz CT molecular complexity index is 866. The van der Waals surface area contributed by atoms with Crippen LogP contribution in [0.4, 0.5) is 0 Å². The van der Waals surface area contributed by atoms with Gasteiger partial charge in [0.1, 0.15) is 11.0 Å². The highest BCUT2D eigenvalue weighted by Crippen LogP contribution is 2.25. The minimum Gasteiger partial charge on any atom is -0.255 e. The molecule has 0 saturated carbocycles. The Balaban J connectivity index is 0.000000160. The van der Waals surface area contributed by atoms with Crippen molar-refractivity contribution in [1.82, 2.24) is 13.7 Å². The molecule has 0 fully saturated rings. The molecule has 0 saturated heterocycles. The van der Waals surface area contributed by atoms with Crippen molar-refractivity contribution < 1.29 is 0 Å².